The summed E-state index contributed by atoms with van der Waals surface area (Å²) in [4.78, 5) is 12.5. The predicted octanol–water partition coefficient (Wildman–Crippen LogP) is 3.02. The third-order valence-corrected chi connectivity index (χ3v) is 6.47. The molecule has 0 radical (unpaired) electrons. The molecule has 0 saturated carbocycles. The summed E-state index contributed by atoms with van der Waals surface area (Å²) in [5.74, 6) is 0.245. The second-order valence-electron chi connectivity index (χ2n) is 5.91. The maximum Gasteiger partial charge on any atom is 0.270 e. The van der Waals surface area contributed by atoms with Gasteiger partial charge in [-0.05, 0) is 23.5 Å². The molecule has 0 aliphatic rings. The number of nitrogens with one attached hydrogen (secondary N) is 1. The summed E-state index contributed by atoms with van der Waals surface area (Å²) < 4.78 is 22.3. The van der Waals surface area contributed by atoms with Gasteiger partial charge in [0.05, 0.1) is 6.42 Å². The van der Waals surface area contributed by atoms with E-state index in [-0.39, 0.29) is 22.0 Å². The minimum Gasteiger partial charge on any atom is -0.356 e. The highest BCUT2D eigenvalue weighted by Crippen LogP contribution is 2.26. The lowest BCUT2D eigenvalue weighted by Gasteiger charge is -2.27. The van der Waals surface area contributed by atoms with Gasteiger partial charge >= 0.3 is 0 Å². The maximum absolute atomic E-state index is 11.8. The first-order valence-corrected chi connectivity index (χ1v) is 9.43. The van der Waals surface area contributed by atoms with Crippen molar-refractivity contribution in [3.8, 4) is 0 Å². The Labute approximate surface area is 129 Å². The number of hydrogen-bond acceptors (Lipinski definition) is 4. The normalized spacial score (nSPS) is 14.1. The fourth-order valence-corrected chi connectivity index (χ4v) is 3.50. The van der Waals surface area contributed by atoms with Crippen LogP contribution in [0.1, 0.15) is 32.6 Å². The van der Waals surface area contributed by atoms with Gasteiger partial charge in [0.2, 0.25) is 5.91 Å². The molecule has 7 heteroatoms. The molecule has 1 aromatic heterocycles. The molecule has 20 heavy (non-hydrogen) atoms. The van der Waals surface area contributed by atoms with Crippen LogP contribution in [0, 0.1) is 11.3 Å². The number of amides is 1. The average Bonchev–Trinajstić information content (AvgIpc) is 2.72. The van der Waals surface area contributed by atoms with Crippen LogP contribution < -0.4 is 5.32 Å². The van der Waals surface area contributed by atoms with E-state index in [0.717, 1.165) is 11.3 Å². The summed E-state index contributed by atoms with van der Waals surface area (Å²) in [6.07, 6.45) is 0.175. The Morgan fingerprint density at radius 3 is 2.45 bits per heavy atom. The van der Waals surface area contributed by atoms with Gasteiger partial charge in [-0.15, -0.1) is 11.3 Å². The van der Waals surface area contributed by atoms with Crippen molar-refractivity contribution < 1.29 is 13.2 Å². The smallest absolute Gasteiger partial charge is 0.270 e. The van der Waals surface area contributed by atoms with E-state index in [1.807, 2.05) is 0 Å². The van der Waals surface area contributed by atoms with Gasteiger partial charge in [-0.3, -0.25) is 4.79 Å². The van der Waals surface area contributed by atoms with E-state index < -0.39 is 9.05 Å². The quantitative estimate of drug-likeness (QED) is 0.840. The SMILES string of the molecule is CC(CNC(=O)Cc1ccc(S(=O)(=O)Cl)s1)C(C)(C)C. The zero-order valence-electron chi connectivity index (χ0n) is 12.1. The van der Waals surface area contributed by atoms with Gasteiger partial charge < -0.3 is 5.32 Å². The summed E-state index contributed by atoms with van der Waals surface area (Å²) in [7, 11) is 1.54. The van der Waals surface area contributed by atoms with Crippen molar-refractivity contribution >= 4 is 37.0 Å². The van der Waals surface area contributed by atoms with Gasteiger partial charge in [-0.25, -0.2) is 8.42 Å². The minimum absolute atomic E-state index is 0.0741. The van der Waals surface area contributed by atoms with E-state index in [0.29, 0.717) is 17.3 Å². The molecular weight excluding hydrogens is 318 g/mol. The summed E-state index contributed by atoms with van der Waals surface area (Å²) in [5, 5.41) is 2.87. The van der Waals surface area contributed by atoms with Crippen molar-refractivity contribution in [3.63, 3.8) is 0 Å². The highest BCUT2D eigenvalue weighted by Gasteiger charge is 2.20. The zero-order valence-corrected chi connectivity index (χ0v) is 14.5. The van der Waals surface area contributed by atoms with E-state index in [9.17, 15) is 13.2 Å². The average molecular weight is 338 g/mol. The Morgan fingerprint density at radius 2 is 2.00 bits per heavy atom. The van der Waals surface area contributed by atoms with Crippen LogP contribution >= 0.6 is 22.0 Å². The summed E-state index contributed by atoms with van der Waals surface area (Å²) >= 11 is 1.03. The second kappa shape index (κ2) is 6.45. The lowest BCUT2D eigenvalue weighted by atomic mass is 9.82. The molecular formula is C13H20ClNO3S2. The third kappa shape index (κ3) is 5.42. The molecule has 1 heterocycles. The molecule has 1 rings (SSSR count). The molecule has 1 aromatic rings. The topological polar surface area (TPSA) is 63.2 Å². The first-order chi connectivity index (χ1) is 9.00. The number of hydrogen-bond donors (Lipinski definition) is 1. The van der Waals surface area contributed by atoms with Crippen LogP contribution in [0.4, 0.5) is 0 Å². The van der Waals surface area contributed by atoms with Crippen LogP contribution in [0.15, 0.2) is 16.3 Å². The summed E-state index contributed by atoms with van der Waals surface area (Å²) in [6.45, 7) is 9.07. The maximum atomic E-state index is 11.8. The van der Waals surface area contributed by atoms with Crippen molar-refractivity contribution in [3.05, 3.63) is 17.0 Å². The van der Waals surface area contributed by atoms with Crippen LogP contribution in [0.2, 0.25) is 0 Å². The van der Waals surface area contributed by atoms with Crippen LogP contribution in [0.3, 0.4) is 0 Å². The van der Waals surface area contributed by atoms with Crippen molar-refractivity contribution in [1.82, 2.24) is 5.32 Å². The third-order valence-electron chi connectivity index (χ3n) is 3.30. The molecule has 0 aliphatic carbocycles. The van der Waals surface area contributed by atoms with Crippen molar-refractivity contribution in [2.45, 2.75) is 38.3 Å². The molecule has 0 aliphatic heterocycles. The molecule has 0 saturated heterocycles. The van der Waals surface area contributed by atoms with Gasteiger partial charge in [0, 0.05) is 22.1 Å². The number of rotatable bonds is 5. The van der Waals surface area contributed by atoms with Crippen molar-refractivity contribution in [2.75, 3.05) is 6.54 Å². The van der Waals surface area contributed by atoms with E-state index in [1.165, 1.54) is 6.07 Å². The van der Waals surface area contributed by atoms with E-state index in [1.54, 1.807) is 6.07 Å². The predicted molar refractivity (Wildman–Crippen MR) is 82.7 cm³/mol. The van der Waals surface area contributed by atoms with Gasteiger partial charge in [-0.1, -0.05) is 27.7 Å². The van der Waals surface area contributed by atoms with Crippen molar-refractivity contribution in [1.29, 1.82) is 0 Å². The number of carbonyl (C=O) groups excluding carboxylic acids is 1. The molecule has 0 spiro atoms. The highest BCUT2D eigenvalue weighted by atomic mass is 35.7. The Morgan fingerprint density at radius 1 is 1.40 bits per heavy atom. The van der Waals surface area contributed by atoms with Gasteiger partial charge in [0.1, 0.15) is 4.21 Å². The van der Waals surface area contributed by atoms with Crippen LogP contribution in [-0.2, 0) is 20.3 Å². The molecule has 1 amide bonds. The van der Waals surface area contributed by atoms with Gasteiger partial charge in [0.15, 0.2) is 0 Å². The van der Waals surface area contributed by atoms with Crippen LogP contribution in [0.5, 0.6) is 0 Å². The van der Waals surface area contributed by atoms with Gasteiger partial charge in [0.25, 0.3) is 9.05 Å². The molecule has 0 fully saturated rings. The molecule has 1 N–H and O–H groups in total. The second-order valence-corrected chi connectivity index (χ2v) is 9.87. The fraction of sp³-hybridized carbons (Fsp3) is 0.615. The van der Waals surface area contributed by atoms with E-state index in [2.05, 4.69) is 33.0 Å². The van der Waals surface area contributed by atoms with Crippen molar-refractivity contribution in [2.24, 2.45) is 11.3 Å². The van der Waals surface area contributed by atoms with Crippen LogP contribution in [0.25, 0.3) is 0 Å². The molecule has 1 atom stereocenters. The lowest BCUT2D eigenvalue weighted by molar-refractivity contribution is -0.120. The Hall–Kier alpha value is -0.590. The molecule has 0 aromatic carbocycles. The first-order valence-electron chi connectivity index (χ1n) is 6.30. The Balaban J connectivity index is 2.54. The number of thiophene rings is 1. The van der Waals surface area contributed by atoms with E-state index in [4.69, 9.17) is 10.7 Å². The fourth-order valence-electron chi connectivity index (χ4n) is 1.38. The monoisotopic (exact) mass is 337 g/mol. The standard InChI is InChI=1S/C13H20ClNO3S2/c1-9(13(2,3)4)8-15-11(16)7-10-5-6-12(19-10)20(14,17)18/h5-6,9H,7-8H2,1-4H3,(H,15,16). The largest absolute Gasteiger partial charge is 0.356 e. The minimum atomic E-state index is -3.70. The molecule has 0 bridgehead atoms. The first kappa shape index (κ1) is 17.5. The lowest BCUT2D eigenvalue weighted by Crippen LogP contribution is -2.34. The number of halogens is 1. The Bertz CT molecular complexity index is 573. The Kier molecular flexibility index (Phi) is 5.63. The summed E-state index contributed by atoms with van der Waals surface area (Å²) in [5.41, 5.74) is 0.135. The number of carbonyl (C=O) groups is 1. The van der Waals surface area contributed by atoms with Gasteiger partial charge in [-0.2, -0.15) is 0 Å². The van der Waals surface area contributed by atoms with E-state index >= 15 is 0 Å². The zero-order chi connectivity index (χ0) is 15.6. The molecule has 4 nitrogen and oxygen atoms in total. The van der Waals surface area contributed by atoms with Crippen LogP contribution in [-0.4, -0.2) is 20.9 Å². The summed E-state index contributed by atoms with van der Waals surface area (Å²) in [6, 6.07) is 3.04. The molecule has 114 valence electrons. The molecule has 1 unspecified atom stereocenters. The highest BCUT2D eigenvalue weighted by molar-refractivity contribution is 8.15.